The molecule has 0 aliphatic carbocycles. The van der Waals surface area contributed by atoms with Gasteiger partial charge in [-0.05, 0) is 50.6 Å². The van der Waals surface area contributed by atoms with Crippen molar-refractivity contribution in [3.05, 3.63) is 88.7 Å². The Kier molecular flexibility index (Phi) is 10.8. The van der Waals surface area contributed by atoms with E-state index in [1.807, 2.05) is 12.1 Å². The molecule has 0 radical (unpaired) electrons. The van der Waals surface area contributed by atoms with Gasteiger partial charge in [-0.25, -0.2) is 31.3 Å². The fourth-order valence-corrected chi connectivity index (χ4v) is 7.72. The summed E-state index contributed by atoms with van der Waals surface area (Å²) in [6, 6.07) is 13.2. The molecule has 5 rings (SSSR count). The smallest absolute Gasteiger partial charge is 0.410 e. The molecule has 49 heavy (non-hydrogen) atoms. The summed E-state index contributed by atoms with van der Waals surface area (Å²) in [5.41, 5.74) is 0.578. The van der Waals surface area contributed by atoms with E-state index in [-0.39, 0.29) is 36.7 Å². The lowest BCUT2D eigenvalue weighted by Gasteiger charge is -2.24. The number of hydrogen-bond donors (Lipinski definition) is 0. The SMILES string of the molecule is COc1ccc(CN(c2ncns2)S(=O)(=O)c2cc(F)c(OCC3CN(C(=O)OC(C)(C)C)CC3c3ccc(Cl)cc3)cc2F)c(OC)c1. The van der Waals surface area contributed by atoms with Crippen LogP contribution in [0.4, 0.5) is 18.7 Å². The number of rotatable bonds is 11. The second-order valence-electron chi connectivity index (χ2n) is 12.2. The second kappa shape index (κ2) is 14.7. The summed E-state index contributed by atoms with van der Waals surface area (Å²) in [7, 11) is -1.84. The van der Waals surface area contributed by atoms with Crippen molar-refractivity contribution in [2.75, 3.05) is 38.2 Å². The molecule has 0 spiro atoms. The molecule has 1 fully saturated rings. The molecule has 1 aliphatic rings. The summed E-state index contributed by atoms with van der Waals surface area (Å²) in [6.45, 7) is 5.39. The fraction of sp³-hybridized carbons (Fsp3) is 0.364. The Morgan fingerprint density at radius 1 is 1.02 bits per heavy atom. The molecule has 3 aromatic carbocycles. The molecule has 1 saturated heterocycles. The quantitative estimate of drug-likeness (QED) is 0.162. The number of halogens is 3. The number of amides is 1. The van der Waals surface area contributed by atoms with Gasteiger partial charge in [0.05, 0.1) is 27.4 Å². The number of methoxy groups -OCH3 is 2. The topological polar surface area (TPSA) is 120 Å². The van der Waals surface area contributed by atoms with Crippen molar-refractivity contribution >= 4 is 44.4 Å². The third-order valence-corrected chi connectivity index (χ3v) is 10.6. The number of sulfonamides is 1. The van der Waals surface area contributed by atoms with Crippen molar-refractivity contribution < 1.29 is 40.9 Å². The number of likely N-dealkylation sites (tertiary alicyclic amines) is 1. The van der Waals surface area contributed by atoms with Crippen LogP contribution in [-0.2, 0) is 21.3 Å². The van der Waals surface area contributed by atoms with Crippen molar-refractivity contribution in [3.8, 4) is 17.2 Å². The van der Waals surface area contributed by atoms with E-state index in [9.17, 15) is 13.2 Å². The van der Waals surface area contributed by atoms with Gasteiger partial charge in [-0.15, -0.1) is 0 Å². The molecule has 262 valence electrons. The van der Waals surface area contributed by atoms with Crippen LogP contribution < -0.4 is 18.5 Å². The fourth-order valence-electron chi connectivity index (χ4n) is 5.41. The van der Waals surface area contributed by atoms with Crippen LogP contribution in [-0.4, -0.2) is 68.3 Å². The van der Waals surface area contributed by atoms with Crippen molar-refractivity contribution in [3.63, 3.8) is 0 Å². The van der Waals surface area contributed by atoms with Gasteiger partial charge in [0.25, 0.3) is 10.0 Å². The largest absolute Gasteiger partial charge is 0.497 e. The highest BCUT2D eigenvalue weighted by Crippen LogP contribution is 2.37. The van der Waals surface area contributed by atoms with Gasteiger partial charge in [0.1, 0.15) is 34.1 Å². The highest BCUT2D eigenvalue weighted by molar-refractivity contribution is 7.93. The van der Waals surface area contributed by atoms with E-state index >= 15 is 8.78 Å². The maximum Gasteiger partial charge on any atom is 0.410 e. The van der Waals surface area contributed by atoms with Gasteiger partial charge in [-0.3, -0.25) is 0 Å². The molecule has 2 heterocycles. The number of benzene rings is 3. The summed E-state index contributed by atoms with van der Waals surface area (Å²) in [6.07, 6.45) is 0.652. The zero-order valence-electron chi connectivity index (χ0n) is 27.4. The third-order valence-electron chi connectivity index (χ3n) is 7.77. The van der Waals surface area contributed by atoms with Gasteiger partial charge in [0, 0.05) is 65.2 Å². The Hall–Kier alpha value is -4.21. The Balaban J connectivity index is 1.40. The number of carbonyl (C=O) groups is 1. The molecule has 2 atom stereocenters. The molecule has 0 bridgehead atoms. The average molecular weight is 737 g/mol. The van der Waals surface area contributed by atoms with Crippen molar-refractivity contribution in [2.24, 2.45) is 5.92 Å². The summed E-state index contributed by atoms with van der Waals surface area (Å²) in [5.74, 6) is -2.59. The number of hydrogen-bond acceptors (Lipinski definition) is 10. The first-order chi connectivity index (χ1) is 23.2. The van der Waals surface area contributed by atoms with E-state index < -0.39 is 44.0 Å². The first kappa shape index (κ1) is 36.1. The lowest BCUT2D eigenvalue weighted by Crippen LogP contribution is -2.35. The van der Waals surface area contributed by atoms with Crippen molar-refractivity contribution in [1.82, 2.24) is 14.3 Å². The Morgan fingerprint density at radius 3 is 2.39 bits per heavy atom. The molecule has 0 saturated carbocycles. The van der Waals surface area contributed by atoms with E-state index in [1.165, 1.54) is 14.2 Å². The van der Waals surface area contributed by atoms with Crippen LogP contribution in [0.5, 0.6) is 17.2 Å². The van der Waals surface area contributed by atoms with Gasteiger partial charge < -0.3 is 23.8 Å². The lowest BCUT2D eigenvalue weighted by atomic mass is 9.89. The number of anilines is 1. The summed E-state index contributed by atoms with van der Waals surface area (Å²) < 4.78 is 85.8. The maximum atomic E-state index is 15.7. The van der Waals surface area contributed by atoms with Gasteiger partial charge in [-0.1, -0.05) is 23.7 Å². The highest BCUT2D eigenvalue weighted by atomic mass is 35.5. The van der Waals surface area contributed by atoms with Crippen LogP contribution >= 0.6 is 23.1 Å². The van der Waals surface area contributed by atoms with Crippen LogP contribution in [0.15, 0.2) is 65.8 Å². The molecule has 1 aliphatic heterocycles. The van der Waals surface area contributed by atoms with Crippen LogP contribution in [0.2, 0.25) is 5.02 Å². The molecule has 16 heteroatoms. The summed E-state index contributed by atoms with van der Waals surface area (Å²) >= 11 is 6.86. The lowest BCUT2D eigenvalue weighted by molar-refractivity contribution is 0.0283. The van der Waals surface area contributed by atoms with Crippen LogP contribution in [0.25, 0.3) is 0 Å². The predicted molar refractivity (Wildman–Crippen MR) is 180 cm³/mol. The summed E-state index contributed by atoms with van der Waals surface area (Å²) in [5, 5.41) is 0.473. The molecule has 2 unspecified atom stereocenters. The maximum absolute atomic E-state index is 15.7. The van der Waals surface area contributed by atoms with Gasteiger partial charge in [-0.2, -0.15) is 4.37 Å². The van der Waals surface area contributed by atoms with Gasteiger partial charge in [0.15, 0.2) is 11.6 Å². The first-order valence-electron chi connectivity index (χ1n) is 15.1. The first-order valence-corrected chi connectivity index (χ1v) is 17.6. The number of aromatic nitrogens is 2. The number of nitrogens with zero attached hydrogens (tertiary/aromatic N) is 4. The van der Waals surface area contributed by atoms with E-state index in [2.05, 4.69) is 9.36 Å². The second-order valence-corrected chi connectivity index (χ2v) is 15.3. The minimum atomic E-state index is -4.73. The average Bonchev–Trinajstić information content (AvgIpc) is 3.74. The summed E-state index contributed by atoms with van der Waals surface area (Å²) in [4.78, 5) is 17.6. The van der Waals surface area contributed by atoms with Crippen LogP contribution in [0.1, 0.15) is 37.8 Å². The third kappa shape index (κ3) is 8.33. The molecule has 4 aromatic rings. The van der Waals surface area contributed by atoms with E-state index in [0.717, 1.165) is 27.7 Å². The van der Waals surface area contributed by atoms with Crippen LogP contribution in [0.3, 0.4) is 0 Å². The van der Waals surface area contributed by atoms with Crippen molar-refractivity contribution in [1.29, 1.82) is 0 Å². The van der Waals surface area contributed by atoms with E-state index in [0.29, 0.717) is 40.8 Å². The van der Waals surface area contributed by atoms with E-state index in [4.69, 9.17) is 30.5 Å². The molecule has 0 N–H and O–H groups in total. The Labute approximate surface area is 292 Å². The number of ether oxygens (including phenoxy) is 4. The number of carbonyl (C=O) groups excluding carboxylic acids is 1. The van der Waals surface area contributed by atoms with Gasteiger partial charge in [0.2, 0.25) is 5.13 Å². The zero-order valence-corrected chi connectivity index (χ0v) is 29.7. The Morgan fingerprint density at radius 2 is 1.76 bits per heavy atom. The molecule has 1 aromatic heterocycles. The van der Waals surface area contributed by atoms with Crippen LogP contribution in [0, 0.1) is 17.6 Å². The van der Waals surface area contributed by atoms with E-state index in [1.54, 1.807) is 56.0 Å². The normalized spacial score (nSPS) is 16.4. The zero-order chi connectivity index (χ0) is 35.5. The molecule has 11 nitrogen and oxygen atoms in total. The predicted octanol–water partition coefficient (Wildman–Crippen LogP) is 6.91. The monoisotopic (exact) mass is 736 g/mol. The minimum Gasteiger partial charge on any atom is -0.497 e. The van der Waals surface area contributed by atoms with Crippen molar-refractivity contribution in [2.45, 2.75) is 43.7 Å². The molecule has 1 amide bonds. The highest BCUT2D eigenvalue weighted by Gasteiger charge is 2.39. The molecular weight excluding hydrogens is 702 g/mol. The van der Waals surface area contributed by atoms with Gasteiger partial charge >= 0.3 is 6.09 Å². The minimum absolute atomic E-state index is 0.0676. The standard InChI is InChI=1S/C33H35ClF2N4O7S2/c1-33(2,3)47-32(41)39-15-22(25(17-39)20-6-9-23(34)10-7-20)18-46-29-13-27(36)30(14-26(29)35)49(42,43)40(31-37-19-38-48-31)16-21-8-11-24(44-4)12-28(21)45-5/h6-14,19,22,25H,15-18H2,1-5H3. The molecular formula is C33H35ClF2N4O7S2. The Bertz CT molecular complexity index is 1890.